The molecule has 2 aromatic carbocycles. The van der Waals surface area contributed by atoms with Crippen LogP contribution in [0.4, 0.5) is 10.1 Å². The first-order valence-corrected chi connectivity index (χ1v) is 10.3. The maximum absolute atomic E-state index is 13.1. The molecule has 1 N–H and O–H groups in total. The fourth-order valence-corrected chi connectivity index (χ4v) is 4.07. The summed E-state index contributed by atoms with van der Waals surface area (Å²) in [7, 11) is 0. The van der Waals surface area contributed by atoms with E-state index in [0.29, 0.717) is 30.0 Å². The van der Waals surface area contributed by atoms with Gasteiger partial charge in [-0.3, -0.25) is 19.3 Å². The topological polar surface area (TPSA) is 69.7 Å². The number of nitrogens with one attached hydrogen (secondary N) is 1. The zero-order valence-electron chi connectivity index (χ0n) is 16.6. The Labute approximate surface area is 174 Å². The number of carbonyl (C=O) groups excluding carboxylic acids is 3. The van der Waals surface area contributed by atoms with E-state index in [2.05, 4.69) is 10.2 Å². The lowest BCUT2D eigenvalue weighted by Crippen LogP contribution is -2.33. The van der Waals surface area contributed by atoms with Gasteiger partial charge < -0.3 is 10.2 Å². The second-order valence-electron chi connectivity index (χ2n) is 7.79. The van der Waals surface area contributed by atoms with Gasteiger partial charge in [-0.2, -0.15) is 0 Å². The van der Waals surface area contributed by atoms with Crippen LogP contribution >= 0.6 is 0 Å². The zero-order chi connectivity index (χ0) is 21.1. The molecule has 0 saturated carbocycles. The Kier molecular flexibility index (Phi) is 5.79. The largest absolute Gasteiger partial charge is 0.371 e. The molecule has 4 rings (SSSR count). The van der Waals surface area contributed by atoms with Gasteiger partial charge in [-0.05, 0) is 55.2 Å². The molecule has 0 aromatic heterocycles. The fraction of sp³-hybridized carbons (Fsp3) is 0.348. The van der Waals surface area contributed by atoms with Crippen molar-refractivity contribution in [2.24, 2.45) is 5.92 Å². The first kappa shape index (κ1) is 20.1. The Bertz CT molecular complexity index is 925. The summed E-state index contributed by atoms with van der Waals surface area (Å²) in [5, 5.41) is 2.96. The van der Waals surface area contributed by atoms with E-state index in [-0.39, 0.29) is 36.5 Å². The van der Waals surface area contributed by atoms with E-state index in [1.165, 1.54) is 17.0 Å². The molecule has 0 radical (unpaired) electrons. The number of halogens is 1. The smallest absolute Gasteiger partial charge is 0.261 e. The van der Waals surface area contributed by atoms with Crippen molar-refractivity contribution in [3.8, 4) is 0 Å². The number of nitrogens with zero attached hydrogens (tertiary/aromatic N) is 2. The van der Waals surface area contributed by atoms with E-state index in [0.717, 1.165) is 25.2 Å². The summed E-state index contributed by atoms with van der Waals surface area (Å²) in [5.41, 5.74) is 1.85. The van der Waals surface area contributed by atoms with E-state index in [1.54, 1.807) is 36.4 Å². The molecule has 0 spiro atoms. The number of anilines is 1. The molecule has 2 aliphatic heterocycles. The Morgan fingerprint density at radius 2 is 1.70 bits per heavy atom. The monoisotopic (exact) mass is 409 g/mol. The first-order valence-electron chi connectivity index (χ1n) is 10.3. The van der Waals surface area contributed by atoms with E-state index in [9.17, 15) is 18.8 Å². The van der Waals surface area contributed by atoms with Crippen molar-refractivity contribution in [3.63, 3.8) is 0 Å². The lowest BCUT2D eigenvalue weighted by atomic mass is 10.1. The highest BCUT2D eigenvalue weighted by Crippen LogP contribution is 2.24. The number of imide groups is 1. The second-order valence-corrected chi connectivity index (χ2v) is 7.79. The van der Waals surface area contributed by atoms with Crippen LogP contribution in [-0.4, -0.2) is 48.8 Å². The summed E-state index contributed by atoms with van der Waals surface area (Å²) in [6, 6.07) is 13.2. The summed E-state index contributed by atoms with van der Waals surface area (Å²) in [4.78, 5) is 40.3. The van der Waals surface area contributed by atoms with Crippen LogP contribution < -0.4 is 10.2 Å². The minimum absolute atomic E-state index is 0.0770. The summed E-state index contributed by atoms with van der Waals surface area (Å²) in [6.45, 7) is 2.53. The molecule has 7 heteroatoms. The van der Waals surface area contributed by atoms with Crippen molar-refractivity contribution >= 4 is 23.4 Å². The molecule has 0 aliphatic carbocycles. The summed E-state index contributed by atoms with van der Waals surface area (Å²) < 4.78 is 13.1. The molecule has 6 nitrogen and oxygen atoms in total. The minimum atomic E-state index is -0.289. The van der Waals surface area contributed by atoms with Gasteiger partial charge in [0.05, 0.1) is 11.1 Å². The van der Waals surface area contributed by atoms with Gasteiger partial charge >= 0.3 is 0 Å². The first-order chi connectivity index (χ1) is 14.5. The number of rotatable bonds is 7. The van der Waals surface area contributed by atoms with E-state index in [1.807, 2.05) is 0 Å². The van der Waals surface area contributed by atoms with Gasteiger partial charge in [0.15, 0.2) is 0 Å². The van der Waals surface area contributed by atoms with Crippen molar-refractivity contribution in [2.75, 3.05) is 31.1 Å². The van der Waals surface area contributed by atoms with Crippen molar-refractivity contribution in [2.45, 2.75) is 19.3 Å². The van der Waals surface area contributed by atoms with E-state index in [4.69, 9.17) is 0 Å². The van der Waals surface area contributed by atoms with Crippen LogP contribution in [-0.2, 0) is 4.79 Å². The average molecular weight is 409 g/mol. The third kappa shape index (κ3) is 4.20. The molecule has 156 valence electrons. The Balaban J connectivity index is 1.18. The van der Waals surface area contributed by atoms with Crippen molar-refractivity contribution in [3.05, 3.63) is 65.5 Å². The second kappa shape index (κ2) is 8.65. The number of amides is 3. The molecule has 1 atom stereocenters. The Hall–Kier alpha value is -3.22. The summed E-state index contributed by atoms with van der Waals surface area (Å²) in [6.07, 6.45) is 1.66. The van der Waals surface area contributed by atoms with E-state index >= 15 is 0 Å². The number of carbonyl (C=O) groups is 3. The standard InChI is InChI=1S/C23H24FN3O3/c24-17-7-9-18(10-8-17)26-13-11-16(15-26)14-25-21(28)6-3-12-27-22(29)19-4-1-2-5-20(19)23(27)30/h1-2,4-5,7-10,16H,3,6,11-15H2,(H,25,28). The molecular formula is C23H24FN3O3. The molecule has 30 heavy (non-hydrogen) atoms. The molecule has 2 aromatic rings. The maximum atomic E-state index is 13.1. The summed E-state index contributed by atoms with van der Waals surface area (Å²) in [5.74, 6) is -0.559. The zero-order valence-corrected chi connectivity index (χ0v) is 16.6. The molecule has 1 fully saturated rings. The quantitative estimate of drug-likeness (QED) is 0.714. The molecule has 2 aliphatic rings. The maximum Gasteiger partial charge on any atom is 0.261 e. The molecule has 3 amide bonds. The van der Waals surface area contributed by atoms with Gasteiger partial charge in [0.2, 0.25) is 5.91 Å². The normalized spacial score (nSPS) is 18.1. The predicted molar refractivity (Wildman–Crippen MR) is 111 cm³/mol. The van der Waals surface area contributed by atoms with Crippen molar-refractivity contribution in [1.29, 1.82) is 0 Å². The van der Waals surface area contributed by atoms with Crippen LogP contribution in [0, 0.1) is 11.7 Å². The molecule has 0 bridgehead atoms. The van der Waals surface area contributed by atoms with E-state index < -0.39 is 0 Å². The van der Waals surface area contributed by atoms with Crippen LogP contribution in [0.5, 0.6) is 0 Å². The van der Waals surface area contributed by atoms with Crippen LogP contribution in [0.2, 0.25) is 0 Å². The molecule has 2 heterocycles. The van der Waals surface area contributed by atoms with Crippen molar-refractivity contribution < 1.29 is 18.8 Å². The molecule has 1 saturated heterocycles. The predicted octanol–water partition coefficient (Wildman–Crippen LogP) is 2.84. The third-order valence-electron chi connectivity index (χ3n) is 5.73. The Morgan fingerprint density at radius 1 is 1.03 bits per heavy atom. The van der Waals surface area contributed by atoms with Crippen LogP contribution in [0.3, 0.4) is 0 Å². The van der Waals surface area contributed by atoms with Gasteiger partial charge in [-0.1, -0.05) is 12.1 Å². The molecular weight excluding hydrogens is 385 g/mol. The van der Waals surface area contributed by atoms with Crippen LogP contribution in [0.1, 0.15) is 40.0 Å². The fourth-order valence-electron chi connectivity index (χ4n) is 4.07. The number of hydrogen-bond donors (Lipinski definition) is 1. The van der Waals surface area contributed by atoms with Gasteiger partial charge in [-0.15, -0.1) is 0 Å². The summed E-state index contributed by atoms with van der Waals surface area (Å²) >= 11 is 0. The average Bonchev–Trinajstić information content (AvgIpc) is 3.32. The highest BCUT2D eigenvalue weighted by atomic mass is 19.1. The Morgan fingerprint density at radius 3 is 2.37 bits per heavy atom. The lowest BCUT2D eigenvalue weighted by Gasteiger charge is -2.19. The SMILES string of the molecule is O=C(CCCN1C(=O)c2ccccc2C1=O)NCC1CCN(c2ccc(F)cc2)C1. The van der Waals surface area contributed by atoms with Crippen LogP contribution in [0.15, 0.2) is 48.5 Å². The minimum Gasteiger partial charge on any atom is -0.371 e. The lowest BCUT2D eigenvalue weighted by molar-refractivity contribution is -0.121. The number of fused-ring (bicyclic) bond motifs is 1. The third-order valence-corrected chi connectivity index (χ3v) is 5.73. The number of benzene rings is 2. The highest BCUT2D eigenvalue weighted by molar-refractivity contribution is 6.21. The highest BCUT2D eigenvalue weighted by Gasteiger charge is 2.34. The molecule has 1 unspecified atom stereocenters. The van der Waals surface area contributed by atoms with Crippen molar-refractivity contribution in [1.82, 2.24) is 10.2 Å². The van der Waals surface area contributed by atoms with Gasteiger partial charge in [0.25, 0.3) is 11.8 Å². The van der Waals surface area contributed by atoms with Gasteiger partial charge in [0, 0.05) is 38.3 Å². The van der Waals surface area contributed by atoms with Gasteiger partial charge in [-0.25, -0.2) is 4.39 Å². The van der Waals surface area contributed by atoms with Gasteiger partial charge in [0.1, 0.15) is 5.82 Å². The number of hydrogen-bond acceptors (Lipinski definition) is 4. The van der Waals surface area contributed by atoms with Crippen LogP contribution in [0.25, 0.3) is 0 Å².